The van der Waals surface area contributed by atoms with E-state index in [1.54, 1.807) is 23.1 Å². The van der Waals surface area contributed by atoms with Gasteiger partial charge in [0.25, 0.3) is 5.91 Å². The first-order valence-electron chi connectivity index (χ1n) is 9.56. The van der Waals surface area contributed by atoms with Crippen LogP contribution in [-0.4, -0.2) is 23.3 Å². The highest BCUT2D eigenvalue weighted by molar-refractivity contribution is 6.11. The van der Waals surface area contributed by atoms with E-state index < -0.39 is 11.5 Å². The van der Waals surface area contributed by atoms with Crippen molar-refractivity contribution >= 4 is 28.2 Å². The van der Waals surface area contributed by atoms with Crippen LogP contribution in [0.15, 0.2) is 66.7 Å². The Morgan fingerprint density at radius 2 is 1.68 bits per heavy atom. The molecule has 0 spiro atoms. The third-order valence-corrected chi connectivity index (χ3v) is 5.27. The molecule has 28 heavy (non-hydrogen) atoms. The number of ketones is 1. The minimum Gasteiger partial charge on any atom is -0.375 e. The second-order valence-corrected chi connectivity index (χ2v) is 7.85. The lowest BCUT2D eigenvalue weighted by Gasteiger charge is -2.24. The Labute approximate surface area is 164 Å². The van der Waals surface area contributed by atoms with Crippen molar-refractivity contribution in [3.8, 4) is 0 Å². The summed E-state index contributed by atoms with van der Waals surface area (Å²) in [5, 5.41) is 13.3. The molecule has 4 nitrogen and oxygen atoms in total. The molecule has 4 rings (SSSR count). The van der Waals surface area contributed by atoms with Gasteiger partial charge >= 0.3 is 0 Å². The van der Waals surface area contributed by atoms with Gasteiger partial charge in [0.15, 0.2) is 11.4 Å². The molecule has 0 fully saturated rings. The summed E-state index contributed by atoms with van der Waals surface area (Å²) in [6.45, 7) is 4.54. The zero-order valence-corrected chi connectivity index (χ0v) is 16.1. The van der Waals surface area contributed by atoms with Crippen LogP contribution in [0.5, 0.6) is 0 Å². The quantitative estimate of drug-likeness (QED) is 0.678. The fourth-order valence-electron chi connectivity index (χ4n) is 3.92. The second kappa shape index (κ2) is 6.88. The van der Waals surface area contributed by atoms with E-state index in [-0.39, 0.29) is 18.1 Å². The average molecular weight is 373 g/mol. The van der Waals surface area contributed by atoms with Gasteiger partial charge in [-0.3, -0.25) is 9.59 Å². The molecule has 0 bridgehead atoms. The molecular weight excluding hydrogens is 350 g/mol. The van der Waals surface area contributed by atoms with Crippen LogP contribution in [0, 0.1) is 5.92 Å². The standard InChI is InChI=1S/C24H23NO3/c1-16(2)15-25-21-10-6-5-9-20(21)24(28,23(25)27)14-22(26)19-12-11-17-7-3-4-8-18(17)13-19/h3-13,16,28H,14-15H2,1-2H3/t24-/m0/s1. The Morgan fingerprint density at radius 1 is 1.00 bits per heavy atom. The van der Waals surface area contributed by atoms with Crippen LogP contribution in [0.2, 0.25) is 0 Å². The number of anilines is 1. The second-order valence-electron chi connectivity index (χ2n) is 7.85. The van der Waals surface area contributed by atoms with Crippen LogP contribution in [0.25, 0.3) is 10.8 Å². The molecule has 0 radical (unpaired) electrons. The third kappa shape index (κ3) is 3.00. The highest BCUT2D eigenvalue weighted by Crippen LogP contribution is 2.43. The van der Waals surface area contributed by atoms with Crippen LogP contribution < -0.4 is 4.90 Å². The van der Waals surface area contributed by atoms with Gasteiger partial charge in [-0.2, -0.15) is 0 Å². The van der Waals surface area contributed by atoms with Crippen LogP contribution in [0.1, 0.15) is 36.2 Å². The predicted molar refractivity (Wildman–Crippen MR) is 110 cm³/mol. The lowest BCUT2D eigenvalue weighted by Crippen LogP contribution is -2.43. The summed E-state index contributed by atoms with van der Waals surface area (Å²) in [5.41, 5.74) is -0.127. The maximum Gasteiger partial charge on any atom is 0.264 e. The highest BCUT2D eigenvalue weighted by atomic mass is 16.3. The number of nitrogens with zero attached hydrogens (tertiary/aromatic N) is 1. The van der Waals surface area contributed by atoms with E-state index in [9.17, 15) is 14.7 Å². The molecule has 1 amide bonds. The summed E-state index contributed by atoms with van der Waals surface area (Å²) in [4.78, 5) is 27.7. The molecule has 1 aliphatic rings. The number of hydrogen-bond acceptors (Lipinski definition) is 3. The van der Waals surface area contributed by atoms with Crippen LogP contribution in [-0.2, 0) is 10.4 Å². The van der Waals surface area contributed by atoms with Crippen molar-refractivity contribution in [3.63, 3.8) is 0 Å². The molecule has 0 saturated heterocycles. The molecule has 1 atom stereocenters. The average Bonchev–Trinajstić information content (AvgIpc) is 2.89. The van der Waals surface area contributed by atoms with Gasteiger partial charge in [-0.15, -0.1) is 0 Å². The molecule has 1 heterocycles. The molecule has 0 aliphatic carbocycles. The van der Waals surface area contributed by atoms with Crippen LogP contribution in [0.3, 0.4) is 0 Å². The van der Waals surface area contributed by atoms with Gasteiger partial charge in [-0.05, 0) is 28.8 Å². The van der Waals surface area contributed by atoms with E-state index in [1.165, 1.54) is 0 Å². The minimum atomic E-state index is -1.83. The molecule has 4 heteroatoms. The molecule has 1 N–H and O–H groups in total. The van der Waals surface area contributed by atoms with E-state index in [4.69, 9.17) is 0 Å². The number of para-hydroxylation sites is 1. The lowest BCUT2D eigenvalue weighted by molar-refractivity contribution is -0.136. The zero-order chi connectivity index (χ0) is 19.9. The first-order valence-corrected chi connectivity index (χ1v) is 9.56. The largest absolute Gasteiger partial charge is 0.375 e. The Kier molecular flexibility index (Phi) is 4.52. The van der Waals surface area contributed by atoms with Gasteiger partial charge in [0, 0.05) is 17.7 Å². The summed E-state index contributed by atoms with van der Waals surface area (Å²) < 4.78 is 0. The molecule has 1 aliphatic heterocycles. The number of fused-ring (bicyclic) bond motifs is 2. The lowest BCUT2D eigenvalue weighted by atomic mass is 9.87. The highest BCUT2D eigenvalue weighted by Gasteiger charge is 2.50. The first-order chi connectivity index (χ1) is 13.4. The zero-order valence-electron chi connectivity index (χ0n) is 16.1. The third-order valence-electron chi connectivity index (χ3n) is 5.27. The van der Waals surface area contributed by atoms with Gasteiger partial charge in [0.1, 0.15) is 0 Å². The maximum absolute atomic E-state index is 13.1. The number of carbonyl (C=O) groups excluding carboxylic acids is 2. The molecule has 142 valence electrons. The van der Waals surface area contributed by atoms with Crippen molar-refractivity contribution in [2.24, 2.45) is 5.92 Å². The van der Waals surface area contributed by atoms with Crippen LogP contribution >= 0.6 is 0 Å². The number of Topliss-reactive ketones (excluding diaryl/α,β-unsaturated/α-hetero) is 1. The molecule has 3 aromatic rings. The van der Waals surface area contributed by atoms with Gasteiger partial charge in [-0.25, -0.2) is 0 Å². The summed E-state index contributed by atoms with van der Waals surface area (Å²) in [6.07, 6.45) is -0.268. The van der Waals surface area contributed by atoms with Gasteiger partial charge < -0.3 is 10.0 Å². The van der Waals surface area contributed by atoms with E-state index in [0.29, 0.717) is 23.4 Å². The number of aliphatic hydroxyl groups is 1. The SMILES string of the molecule is CC(C)CN1C(=O)[C@](O)(CC(=O)c2ccc3ccccc3c2)c2ccccc21. The first kappa shape index (κ1) is 18.4. The Morgan fingerprint density at radius 3 is 2.43 bits per heavy atom. The number of hydrogen-bond donors (Lipinski definition) is 1. The molecule has 0 aromatic heterocycles. The fraction of sp³-hybridized carbons (Fsp3) is 0.250. The molecule has 0 saturated carbocycles. The Bertz CT molecular complexity index is 1070. The van der Waals surface area contributed by atoms with Crippen molar-refractivity contribution in [3.05, 3.63) is 77.9 Å². The van der Waals surface area contributed by atoms with E-state index in [1.807, 2.05) is 62.4 Å². The number of amides is 1. The monoisotopic (exact) mass is 373 g/mol. The van der Waals surface area contributed by atoms with Crippen molar-refractivity contribution < 1.29 is 14.7 Å². The Balaban J connectivity index is 1.69. The number of carbonyl (C=O) groups is 2. The number of rotatable bonds is 5. The fourth-order valence-corrected chi connectivity index (χ4v) is 3.92. The molecule has 0 unspecified atom stereocenters. The van der Waals surface area contributed by atoms with E-state index in [2.05, 4.69) is 0 Å². The van der Waals surface area contributed by atoms with Crippen molar-refractivity contribution in [1.82, 2.24) is 0 Å². The maximum atomic E-state index is 13.1. The minimum absolute atomic E-state index is 0.246. The summed E-state index contributed by atoms with van der Waals surface area (Å²) in [6, 6.07) is 20.5. The van der Waals surface area contributed by atoms with Gasteiger partial charge in [0.2, 0.25) is 0 Å². The van der Waals surface area contributed by atoms with Gasteiger partial charge in [-0.1, -0.05) is 68.4 Å². The van der Waals surface area contributed by atoms with E-state index >= 15 is 0 Å². The van der Waals surface area contributed by atoms with Crippen molar-refractivity contribution in [2.75, 3.05) is 11.4 Å². The summed E-state index contributed by atoms with van der Waals surface area (Å²) >= 11 is 0. The smallest absolute Gasteiger partial charge is 0.264 e. The van der Waals surface area contributed by atoms with Crippen molar-refractivity contribution in [2.45, 2.75) is 25.9 Å². The van der Waals surface area contributed by atoms with E-state index in [0.717, 1.165) is 10.8 Å². The van der Waals surface area contributed by atoms with Crippen LogP contribution in [0.4, 0.5) is 5.69 Å². The van der Waals surface area contributed by atoms with Crippen molar-refractivity contribution in [1.29, 1.82) is 0 Å². The predicted octanol–water partition coefficient (Wildman–Crippen LogP) is 4.30. The normalized spacial score (nSPS) is 18.7. The topological polar surface area (TPSA) is 57.6 Å². The Hall–Kier alpha value is -2.98. The summed E-state index contributed by atoms with van der Waals surface area (Å²) in [7, 11) is 0. The summed E-state index contributed by atoms with van der Waals surface area (Å²) in [5.74, 6) is -0.421. The number of benzene rings is 3. The van der Waals surface area contributed by atoms with Gasteiger partial charge in [0.05, 0.1) is 12.1 Å². The molecular formula is C24H23NO3. The molecule has 3 aromatic carbocycles.